The summed E-state index contributed by atoms with van der Waals surface area (Å²) in [5, 5.41) is 12.9. The van der Waals surface area contributed by atoms with Crippen LogP contribution in [0.4, 0.5) is 5.69 Å². The highest BCUT2D eigenvalue weighted by Gasteiger charge is 2.36. The Morgan fingerprint density at radius 1 is 1.22 bits per heavy atom. The summed E-state index contributed by atoms with van der Waals surface area (Å²) >= 11 is 1.52. The van der Waals surface area contributed by atoms with Crippen LogP contribution in [0.3, 0.4) is 0 Å². The second kappa shape index (κ2) is 7.76. The summed E-state index contributed by atoms with van der Waals surface area (Å²) in [7, 11) is 0. The van der Waals surface area contributed by atoms with Gasteiger partial charge in [0.05, 0.1) is 0 Å². The van der Waals surface area contributed by atoms with E-state index in [4.69, 9.17) is 0 Å². The van der Waals surface area contributed by atoms with Crippen molar-refractivity contribution in [1.29, 1.82) is 0 Å². The van der Waals surface area contributed by atoms with E-state index in [0.717, 1.165) is 28.4 Å². The van der Waals surface area contributed by atoms with Crippen molar-refractivity contribution in [3.05, 3.63) is 29.3 Å². The molecule has 1 fully saturated rings. The largest absolute Gasteiger partial charge is 0.330 e. The molecule has 0 radical (unpaired) electrons. The molecule has 27 heavy (non-hydrogen) atoms. The number of carbonyl (C=O) groups is 2. The quantitative estimate of drug-likeness (QED) is 0.869. The van der Waals surface area contributed by atoms with Gasteiger partial charge in [0.15, 0.2) is 0 Å². The monoisotopic (exact) mass is 386 g/mol. The van der Waals surface area contributed by atoms with Crippen LogP contribution >= 0.6 is 11.3 Å². The average Bonchev–Trinajstić information content (AvgIpc) is 3.07. The van der Waals surface area contributed by atoms with Crippen LogP contribution in [0.25, 0.3) is 10.6 Å². The van der Waals surface area contributed by atoms with Crippen LogP contribution in [0.1, 0.15) is 45.0 Å². The third kappa shape index (κ3) is 4.53. The fourth-order valence-corrected chi connectivity index (χ4v) is 3.93. The first kappa shape index (κ1) is 19.5. The molecule has 1 aromatic heterocycles. The molecule has 1 atom stereocenters. The van der Waals surface area contributed by atoms with Gasteiger partial charge in [0.25, 0.3) is 0 Å². The van der Waals surface area contributed by atoms with Crippen LogP contribution in [0.2, 0.25) is 0 Å². The van der Waals surface area contributed by atoms with E-state index >= 15 is 0 Å². The smallest absolute Gasteiger partial charge is 0.247 e. The lowest BCUT2D eigenvalue weighted by atomic mass is 9.91. The summed E-state index contributed by atoms with van der Waals surface area (Å²) in [6.45, 7) is 8.24. The second-order valence-corrected chi connectivity index (χ2v) is 9.14. The Balaban J connectivity index is 1.76. The van der Waals surface area contributed by atoms with E-state index in [1.54, 1.807) is 4.90 Å². The minimum absolute atomic E-state index is 0.0282. The van der Waals surface area contributed by atoms with Gasteiger partial charge < -0.3 is 10.2 Å². The summed E-state index contributed by atoms with van der Waals surface area (Å²) in [5.74, 6) is -0.0988. The van der Waals surface area contributed by atoms with E-state index in [0.29, 0.717) is 18.7 Å². The highest BCUT2D eigenvalue weighted by molar-refractivity contribution is 7.14. The van der Waals surface area contributed by atoms with E-state index in [1.165, 1.54) is 11.3 Å². The van der Waals surface area contributed by atoms with Crippen LogP contribution in [-0.2, 0) is 9.59 Å². The van der Waals surface area contributed by atoms with Crippen LogP contribution in [-0.4, -0.2) is 39.5 Å². The van der Waals surface area contributed by atoms with Gasteiger partial charge in [0.1, 0.15) is 16.1 Å². The zero-order valence-corrected chi connectivity index (χ0v) is 17.1. The second-order valence-electron chi connectivity index (χ2n) is 7.96. The Labute approximate surface area is 164 Å². The van der Waals surface area contributed by atoms with Crippen molar-refractivity contribution in [2.75, 3.05) is 11.9 Å². The summed E-state index contributed by atoms with van der Waals surface area (Å²) in [6, 6.07) is 7.18. The van der Waals surface area contributed by atoms with Crippen molar-refractivity contribution in [2.24, 2.45) is 5.41 Å². The number of hydrogen-bond acceptors (Lipinski definition) is 5. The van der Waals surface area contributed by atoms with Crippen LogP contribution in [0.5, 0.6) is 0 Å². The number of rotatable bonds is 3. The Morgan fingerprint density at radius 2 is 2.00 bits per heavy atom. The Hall–Kier alpha value is -2.28. The zero-order chi connectivity index (χ0) is 19.6. The normalized spacial score (nSPS) is 17.6. The van der Waals surface area contributed by atoms with Crippen molar-refractivity contribution in [3.63, 3.8) is 0 Å². The molecule has 0 unspecified atom stereocenters. The van der Waals surface area contributed by atoms with Gasteiger partial charge in [-0.05, 0) is 38.3 Å². The molecule has 3 rings (SSSR count). The number of piperidine rings is 1. The molecular weight excluding hydrogens is 360 g/mol. The molecule has 0 bridgehead atoms. The first-order valence-corrected chi connectivity index (χ1v) is 10.1. The van der Waals surface area contributed by atoms with Crippen LogP contribution < -0.4 is 5.32 Å². The van der Waals surface area contributed by atoms with Crippen molar-refractivity contribution in [3.8, 4) is 10.6 Å². The van der Waals surface area contributed by atoms with Gasteiger partial charge in [-0.25, -0.2) is 0 Å². The highest BCUT2D eigenvalue weighted by Crippen LogP contribution is 2.28. The number of aromatic nitrogens is 2. The fourth-order valence-electron chi connectivity index (χ4n) is 3.25. The number of aryl methyl sites for hydroxylation is 1. The molecule has 0 saturated carbocycles. The van der Waals surface area contributed by atoms with Crippen molar-refractivity contribution >= 4 is 28.8 Å². The van der Waals surface area contributed by atoms with Gasteiger partial charge in [-0.2, -0.15) is 0 Å². The molecule has 0 spiro atoms. The summed E-state index contributed by atoms with van der Waals surface area (Å²) in [4.78, 5) is 27.4. The van der Waals surface area contributed by atoms with Crippen LogP contribution in [0.15, 0.2) is 24.3 Å². The molecule has 6 nitrogen and oxygen atoms in total. The maximum absolute atomic E-state index is 12.9. The number of carbonyl (C=O) groups excluding carboxylic acids is 2. The molecule has 2 heterocycles. The zero-order valence-electron chi connectivity index (χ0n) is 16.3. The Kier molecular flexibility index (Phi) is 5.60. The molecule has 0 aliphatic carbocycles. The molecule has 1 aliphatic heterocycles. The standard InChI is InChI=1S/C20H26N4O2S/c1-13-22-23-18(27-13)14-8-7-9-15(12-14)21-17(25)16-10-5-6-11-24(16)19(26)20(2,3)4/h7-9,12,16H,5-6,10-11H2,1-4H3,(H,21,25)/t16-/m0/s1. The van der Waals surface area contributed by atoms with Gasteiger partial charge in [0.2, 0.25) is 11.8 Å². The maximum Gasteiger partial charge on any atom is 0.247 e. The predicted molar refractivity (Wildman–Crippen MR) is 108 cm³/mol. The van der Waals surface area contributed by atoms with E-state index in [-0.39, 0.29) is 11.8 Å². The summed E-state index contributed by atoms with van der Waals surface area (Å²) < 4.78 is 0. The summed E-state index contributed by atoms with van der Waals surface area (Å²) in [6.07, 6.45) is 2.59. The molecule has 144 valence electrons. The van der Waals surface area contributed by atoms with E-state index in [2.05, 4.69) is 15.5 Å². The third-order valence-electron chi connectivity index (χ3n) is 4.61. The number of nitrogens with zero attached hydrogens (tertiary/aromatic N) is 3. The minimum Gasteiger partial charge on any atom is -0.330 e. The molecular formula is C20H26N4O2S. The highest BCUT2D eigenvalue weighted by atomic mass is 32.1. The van der Waals surface area contributed by atoms with E-state index in [1.807, 2.05) is 52.0 Å². The SMILES string of the molecule is Cc1nnc(-c2cccc(NC(=O)[C@@H]3CCCCN3C(=O)C(C)(C)C)c2)s1. The molecule has 1 N–H and O–H groups in total. The lowest BCUT2D eigenvalue weighted by Gasteiger charge is -2.38. The van der Waals surface area contributed by atoms with Crippen LogP contribution in [0, 0.1) is 12.3 Å². The number of benzene rings is 1. The molecule has 2 amide bonds. The number of hydrogen-bond donors (Lipinski definition) is 1. The molecule has 2 aromatic rings. The van der Waals surface area contributed by atoms with Gasteiger partial charge in [-0.15, -0.1) is 10.2 Å². The molecule has 1 saturated heterocycles. The Morgan fingerprint density at radius 3 is 2.67 bits per heavy atom. The predicted octanol–water partition coefficient (Wildman–Crippen LogP) is 3.88. The first-order chi connectivity index (χ1) is 12.8. The van der Waals surface area contributed by atoms with E-state index < -0.39 is 11.5 Å². The number of anilines is 1. The molecule has 1 aromatic carbocycles. The van der Waals surface area contributed by atoms with Crippen molar-refractivity contribution in [2.45, 2.75) is 53.0 Å². The lowest BCUT2D eigenvalue weighted by Crippen LogP contribution is -2.53. The average molecular weight is 387 g/mol. The fraction of sp³-hybridized carbons (Fsp3) is 0.500. The third-order valence-corrected chi connectivity index (χ3v) is 5.50. The number of nitrogens with one attached hydrogen (secondary N) is 1. The number of likely N-dealkylation sites (tertiary alicyclic amines) is 1. The van der Waals surface area contributed by atoms with Crippen molar-refractivity contribution < 1.29 is 9.59 Å². The number of amides is 2. The van der Waals surface area contributed by atoms with Gasteiger partial charge >= 0.3 is 0 Å². The lowest BCUT2D eigenvalue weighted by molar-refractivity contribution is -0.147. The van der Waals surface area contributed by atoms with E-state index in [9.17, 15) is 9.59 Å². The Bertz CT molecular complexity index is 841. The minimum atomic E-state index is -0.495. The summed E-state index contributed by atoms with van der Waals surface area (Å²) in [5.41, 5.74) is 1.13. The van der Waals surface area contributed by atoms with Gasteiger partial charge in [-0.3, -0.25) is 9.59 Å². The first-order valence-electron chi connectivity index (χ1n) is 9.28. The maximum atomic E-state index is 12.9. The van der Waals surface area contributed by atoms with Gasteiger partial charge in [0, 0.05) is 23.2 Å². The molecule has 7 heteroatoms. The topological polar surface area (TPSA) is 75.2 Å². The van der Waals surface area contributed by atoms with Crippen molar-refractivity contribution in [1.82, 2.24) is 15.1 Å². The van der Waals surface area contributed by atoms with Gasteiger partial charge in [-0.1, -0.05) is 44.2 Å². The molecule has 1 aliphatic rings.